The molecule has 0 aliphatic carbocycles. The smallest absolute Gasteiger partial charge is 0.263 e. The lowest BCUT2D eigenvalue weighted by Gasteiger charge is -2.04. The van der Waals surface area contributed by atoms with Crippen LogP contribution in [0, 0.1) is 6.92 Å². The van der Waals surface area contributed by atoms with E-state index in [0.29, 0.717) is 16.6 Å². The van der Waals surface area contributed by atoms with Gasteiger partial charge in [0, 0.05) is 13.6 Å². The number of aryl methyl sites for hydroxylation is 2. The van der Waals surface area contributed by atoms with Crippen molar-refractivity contribution >= 4 is 33.4 Å². The monoisotopic (exact) mass is 301 g/mol. The minimum atomic E-state index is -0.165. The summed E-state index contributed by atoms with van der Waals surface area (Å²) in [5.41, 5.74) is 8.54. The first-order valence-corrected chi connectivity index (χ1v) is 7.27. The van der Waals surface area contributed by atoms with E-state index >= 15 is 0 Å². The van der Waals surface area contributed by atoms with E-state index in [0.717, 1.165) is 22.4 Å². The van der Waals surface area contributed by atoms with Gasteiger partial charge in [0.25, 0.3) is 5.91 Å². The molecule has 0 unspecified atom stereocenters. The number of benzene rings is 1. The zero-order valence-corrected chi connectivity index (χ0v) is 12.6. The molecule has 3 N–H and O–H groups in total. The molecule has 0 atom stereocenters. The average molecular weight is 301 g/mol. The first kappa shape index (κ1) is 13.6. The van der Waals surface area contributed by atoms with Crippen molar-refractivity contribution in [2.24, 2.45) is 7.05 Å². The van der Waals surface area contributed by atoms with Crippen molar-refractivity contribution in [2.45, 2.75) is 13.5 Å². The second-order valence-electron chi connectivity index (χ2n) is 4.79. The predicted molar refractivity (Wildman–Crippen MR) is 83.1 cm³/mol. The Kier molecular flexibility index (Phi) is 3.34. The second kappa shape index (κ2) is 5.17. The lowest BCUT2D eigenvalue weighted by Crippen LogP contribution is -2.21. The van der Waals surface area contributed by atoms with Gasteiger partial charge in [-0.25, -0.2) is 9.97 Å². The molecule has 0 radical (unpaired) electrons. The molecule has 3 rings (SSSR count). The normalized spacial score (nSPS) is 11.0. The van der Waals surface area contributed by atoms with Crippen LogP contribution in [0.25, 0.3) is 11.0 Å². The molecule has 0 bridgehead atoms. The quantitative estimate of drug-likeness (QED) is 0.773. The van der Waals surface area contributed by atoms with Crippen molar-refractivity contribution in [1.29, 1.82) is 0 Å². The Bertz CT molecular complexity index is 820. The number of hydrogen-bond acceptors (Lipinski definition) is 5. The molecule has 2 aromatic heterocycles. The predicted octanol–water partition coefficient (Wildman–Crippen LogP) is 1.85. The number of nitrogens with one attached hydrogen (secondary N) is 1. The van der Waals surface area contributed by atoms with Crippen LogP contribution in [0.15, 0.2) is 24.4 Å². The van der Waals surface area contributed by atoms with Gasteiger partial charge in [-0.1, -0.05) is 17.4 Å². The number of nitrogen functional groups attached to an aromatic ring is 1. The SMILES string of the molecule is Cc1nc2cc(CNC(=O)c3cnc(N)s3)ccc2n1C. The Labute approximate surface area is 125 Å². The van der Waals surface area contributed by atoms with Gasteiger partial charge in [-0.2, -0.15) is 0 Å². The van der Waals surface area contributed by atoms with Crippen molar-refractivity contribution in [3.05, 3.63) is 40.7 Å². The summed E-state index contributed by atoms with van der Waals surface area (Å²) in [5, 5.41) is 3.25. The number of imidazole rings is 1. The van der Waals surface area contributed by atoms with E-state index in [1.807, 2.05) is 36.7 Å². The lowest BCUT2D eigenvalue weighted by atomic mass is 10.2. The topological polar surface area (TPSA) is 85.8 Å². The number of carbonyl (C=O) groups excluding carboxylic acids is 1. The van der Waals surface area contributed by atoms with Gasteiger partial charge in [0.2, 0.25) is 0 Å². The van der Waals surface area contributed by atoms with E-state index in [1.54, 1.807) is 0 Å². The van der Waals surface area contributed by atoms with Crippen molar-refractivity contribution in [3.8, 4) is 0 Å². The summed E-state index contributed by atoms with van der Waals surface area (Å²) in [4.78, 5) is 20.8. The van der Waals surface area contributed by atoms with Gasteiger partial charge in [0.1, 0.15) is 10.7 Å². The molecular formula is C14H15N5OS. The van der Waals surface area contributed by atoms with E-state index in [4.69, 9.17) is 5.73 Å². The molecule has 0 aliphatic rings. The van der Waals surface area contributed by atoms with E-state index in [9.17, 15) is 4.79 Å². The van der Waals surface area contributed by atoms with Crippen LogP contribution in [-0.4, -0.2) is 20.4 Å². The molecule has 0 fully saturated rings. The fraction of sp³-hybridized carbons (Fsp3) is 0.214. The molecule has 0 saturated carbocycles. The van der Waals surface area contributed by atoms with E-state index in [1.165, 1.54) is 17.5 Å². The van der Waals surface area contributed by atoms with Crippen molar-refractivity contribution < 1.29 is 4.79 Å². The van der Waals surface area contributed by atoms with Gasteiger partial charge in [0.05, 0.1) is 17.2 Å². The molecule has 6 nitrogen and oxygen atoms in total. The van der Waals surface area contributed by atoms with Gasteiger partial charge in [-0.3, -0.25) is 4.79 Å². The summed E-state index contributed by atoms with van der Waals surface area (Å²) >= 11 is 1.18. The molecule has 108 valence electrons. The van der Waals surface area contributed by atoms with E-state index in [2.05, 4.69) is 15.3 Å². The number of fused-ring (bicyclic) bond motifs is 1. The molecule has 1 aromatic carbocycles. The van der Waals surface area contributed by atoms with Crippen LogP contribution < -0.4 is 11.1 Å². The Balaban J connectivity index is 1.74. The van der Waals surface area contributed by atoms with Crippen LogP contribution in [0.4, 0.5) is 5.13 Å². The van der Waals surface area contributed by atoms with Gasteiger partial charge >= 0.3 is 0 Å². The second-order valence-corrected chi connectivity index (χ2v) is 5.85. The van der Waals surface area contributed by atoms with Crippen molar-refractivity contribution in [1.82, 2.24) is 19.9 Å². The molecule has 2 heterocycles. The number of aromatic nitrogens is 3. The maximum absolute atomic E-state index is 11.9. The molecule has 0 saturated heterocycles. The highest BCUT2D eigenvalue weighted by molar-refractivity contribution is 7.17. The zero-order valence-electron chi connectivity index (χ0n) is 11.8. The van der Waals surface area contributed by atoms with E-state index in [-0.39, 0.29) is 5.91 Å². The third kappa shape index (κ3) is 2.59. The number of nitrogens with zero attached hydrogens (tertiary/aromatic N) is 3. The largest absolute Gasteiger partial charge is 0.375 e. The minimum Gasteiger partial charge on any atom is -0.375 e. The summed E-state index contributed by atoms with van der Waals surface area (Å²) < 4.78 is 2.04. The number of carbonyl (C=O) groups is 1. The van der Waals surface area contributed by atoms with Crippen molar-refractivity contribution in [3.63, 3.8) is 0 Å². The van der Waals surface area contributed by atoms with Crippen LogP contribution in [-0.2, 0) is 13.6 Å². The Morgan fingerprint density at radius 3 is 3.00 bits per heavy atom. The third-order valence-corrected chi connectivity index (χ3v) is 4.19. The molecule has 7 heteroatoms. The van der Waals surface area contributed by atoms with E-state index < -0.39 is 0 Å². The summed E-state index contributed by atoms with van der Waals surface area (Å²) in [6, 6.07) is 6.00. The fourth-order valence-electron chi connectivity index (χ4n) is 2.14. The molecule has 1 amide bonds. The first-order chi connectivity index (χ1) is 10.0. The van der Waals surface area contributed by atoms with Crippen LogP contribution in [0.3, 0.4) is 0 Å². The fourth-order valence-corrected chi connectivity index (χ4v) is 2.74. The number of hydrogen-bond donors (Lipinski definition) is 2. The van der Waals surface area contributed by atoms with Crippen molar-refractivity contribution in [2.75, 3.05) is 5.73 Å². The molecule has 0 spiro atoms. The molecule has 3 aromatic rings. The minimum absolute atomic E-state index is 0.165. The number of rotatable bonds is 3. The Morgan fingerprint density at radius 2 is 2.29 bits per heavy atom. The standard InChI is InChI=1S/C14H15N5OS/c1-8-18-10-5-9(3-4-11(10)19(8)2)6-16-13(20)12-7-17-14(15)21-12/h3-5,7H,6H2,1-2H3,(H2,15,17)(H,16,20). The maximum atomic E-state index is 11.9. The molecular weight excluding hydrogens is 286 g/mol. The average Bonchev–Trinajstić information content (AvgIpc) is 3.01. The van der Waals surface area contributed by atoms with Gasteiger partial charge in [0.15, 0.2) is 5.13 Å². The summed E-state index contributed by atoms with van der Waals surface area (Å²) in [5.74, 6) is 0.799. The van der Waals surface area contributed by atoms with Crippen LogP contribution in [0.2, 0.25) is 0 Å². The third-order valence-electron chi connectivity index (χ3n) is 3.37. The highest BCUT2D eigenvalue weighted by atomic mass is 32.1. The number of anilines is 1. The summed E-state index contributed by atoms with van der Waals surface area (Å²) in [6.45, 7) is 2.41. The number of thiazole rings is 1. The first-order valence-electron chi connectivity index (χ1n) is 6.46. The lowest BCUT2D eigenvalue weighted by molar-refractivity contribution is 0.0955. The van der Waals surface area contributed by atoms with Crippen LogP contribution >= 0.6 is 11.3 Å². The van der Waals surface area contributed by atoms with Crippen LogP contribution in [0.5, 0.6) is 0 Å². The number of nitrogens with two attached hydrogens (primary N) is 1. The highest BCUT2D eigenvalue weighted by Gasteiger charge is 2.10. The maximum Gasteiger partial charge on any atom is 0.263 e. The summed E-state index contributed by atoms with van der Waals surface area (Å²) in [6.07, 6.45) is 1.49. The summed E-state index contributed by atoms with van der Waals surface area (Å²) in [7, 11) is 1.99. The van der Waals surface area contributed by atoms with Crippen LogP contribution in [0.1, 0.15) is 21.1 Å². The Hall–Kier alpha value is -2.41. The van der Waals surface area contributed by atoms with Gasteiger partial charge < -0.3 is 15.6 Å². The highest BCUT2D eigenvalue weighted by Crippen LogP contribution is 2.17. The molecule has 21 heavy (non-hydrogen) atoms. The van der Waals surface area contributed by atoms with Gasteiger partial charge in [-0.05, 0) is 24.6 Å². The Morgan fingerprint density at radius 1 is 1.48 bits per heavy atom. The molecule has 0 aliphatic heterocycles. The number of amides is 1. The van der Waals surface area contributed by atoms with Gasteiger partial charge in [-0.15, -0.1) is 0 Å². The zero-order chi connectivity index (χ0) is 15.0.